The Morgan fingerprint density at radius 3 is 2.24 bits per heavy atom. The van der Waals surface area contributed by atoms with Gasteiger partial charge >= 0.3 is 6.18 Å². The van der Waals surface area contributed by atoms with Gasteiger partial charge in [0.25, 0.3) is 11.8 Å². The van der Waals surface area contributed by atoms with Crippen molar-refractivity contribution in [1.29, 1.82) is 0 Å². The lowest BCUT2D eigenvalue weighted by molar-refractivity contribution is -0.186. The van der Waals surface area contributed by atoms with Crippen molar-refractivity contribution in [3.63, 3.8) is 0 Å². The maximum atomic E-state index is 14.8. The summed E-state index contributed by atoms with van der Waals surface area (Å²) < 4.78 is 57.9. The summed E-state index contributed by atoms with van der Waals surface area (Å²) in [4.78, 5) is 40.5. The SMILES string of the molecule is CC1(C)CC(=O)C2=C(C1)N(c1ccc(F)cc1)C(=O)[C@@]2(NC(=O)c1ccccc1Cl)C(F)(F)F. The van der Waals surface area contributed by atoms with E-state index in [2.05, 4.69) is 0 Å². The van der Waals surface area contributed by atoms with Crippen LogP contribution in [0.25, 0.3) is 0 Å². The molecule has 0 spiro atoms. The van der Waals surface area contributed by atoms with Gasteiger partial charge in [-0.25, -0.2) is 4.39 Å². The number of alkyl halides is 3. The van der Waals surface area contributed by atoms with Crippen LogP contribution in [0.15, 0.2) is 59.8 Å². The lowest BCUT2D eigenvalue weighted by Gasteiger charge is -2.35. The van der Waals surface area contributed by atoms with Crippen LogP contribution in [0.4, 0.5) is 23.2 Å². The number of allylic oxidation sites excluding steroid dienone is 1. The van der Waals surface area contributed by atoms with E-state index in [1.165, 1.54) is 24.3 Å². The Morgan fingerprint density at radius 2 is 1.65 bits per heavy atom. The first-order valence-corrected chi connectivity index (χ1v) is 10.7. The smallest absolute Gasteiger partial charge is 0.326 e. The van der Waals surface area contributed by atoms with Crippen molar-refractivity contribution < 1.29 is 31.9 Å². The van der Waals surface area contributed by atoms with E-state index in [1.807, 2.05) is 5.32 Å². The number of nitrogens with zero attached hydrogens (tertiary/aromatic N) is 1. The van der Waals surface area contributed by atoms with Crippen LogP contribution in [-0.2, 0) is 9.59 Å². The Bertz CT molecular complexity index is 1240. The van der Waals surface area contributed by atoms with Gasteiger partial charge in [-0.3, -0.25) is 19.3 Å². The Morgan fingerprint density at radius 1 is 1.03 bits per heavy atom. The number of amides is 2. The van der Waals surface area contributed by atoms with Crippen molar-refractivity contribution in [3.8, 4) is 0 Å². The summed E-state index contributed by atoms with van der Waals surface area (Å²) in [5.74, 6) is -4.38. The van der Waals surface area contributed by atoms with E-state index in [1.54, 1.807) is 13.8 Å². The summed E-state index contributed by atoms with van der Waals surface area (Å²) in [6.45, 7) is 3.38. The van der Waals surface area contributed by atoms with E-state index in [0.717, 1.165) is 29.2 Å². The predicted octanol–water partition coefficient (Wildman–Crippen LogP) is 5.20. The van der Waals surface area contributed by atoms with Crippen LogP contribution in [0.1, 0.15) is 37.0 Å². The molecule has 4 rings (SSSR count). The molecule has 0 aromatic heterocycles. The molecule has 10 heteroatoms. The molecule has 2 aromatic rings. The van der Waals surface area contributed by atoms with E-state index in [0.29, 0.717) is 0 Å². The molecule has 0 saturated carbocycles. The second-order valence-corrected chi connectivity index (χ2v) is 9.47. The first-order valence-electron chi connectivity index (χ1n) is 10.3. The van der Waals surface area contributed by atoms with Crippen LogP contribution in [-0.4, -0.2) is 29.3 Å². The Kier molecular flexibility index (Phi) is 5.59. The Labute approximate surface area is 197 Å². The van der Waals surface area contributed by atoms with Crippen LogP contribution < -0.4 is 10.2 Å². The van der Waals surface area contributed by atoms with Crippen LogP contribution in [0.5, 0.6) is 0 Å². The zero-order valence-corrected chi connectivity index (χ0v) is 18.9. The number of carbonyl (C=O) groups excluding carboxylic acids is 3. The number of nitrogens with one attached hydrogen (secondary N) is 1. The Hall–Kier alpha value is -3.20. The molecule has 2 aromatic carbocycles. The molecule has 2 aliphatic rings. The maximum Gasteiger partial charge on any atom is 0.425 e. The number of rotatable bonds is 3. The van der Waals surface area contributed by atoms with Gasteiger partial charge in [-0.15, -0.1) is 0 Å². The molecule has 34 heavy (non-hydrogen) atoms. The van der Waals surface area contributed by atoms with Gasteiger partial charge in [0.05, 0.1) is 16.2 Å². The average Bonchev–Trinajstić information content (AvgIpc) is 2.96. The van der Waals surface area contributed by atoms with Gasteiger partial charge in [-0.1, -0.05) is 37.6 Å². The molecule has 0 saturated heterocycles. The number of halogens is 5. The minimum atomic E-state index is -5.37. The minimum Gasteiger partial charge on any atom is -0.326 e. The predicted molar refractivity (Wildman–Crippen MR) is 117 cm³/mol. The molecule has 2 amide bonds. The second-order valence-electron chi connectivity index (χ2n) is 9.06. The quantitative estimate of drug-likeness (QED) is 0.596. The van der Waals surface area contributed by atoms with Gasteiger partial charge < -0.3 is 5.32 Å². The van der Waals surface area contributed by atoms with Gasteiger partial charge in [-0.2, -0.15) is 13.2 Å². The fourth-order valence-corrected chi connectivity index (χ4v) is 4.72. The van der Waals surface area contributed by atoms with E-state index in [9.17, 15) is 31.9 Å². The number of Topliss-reactive ketones (excluding diaryl/α,β-unsaturated/α-hetero) is 1. The molecule has 1 aliphatic carbocycles. The summed E-state index contributed by atoms with van der Waals surface area (Å²) in [6, 6.07) is 9.70. The van der Waals surface area contributed by atoms with E-state index >= 15 is 0 Å². The monoisotopic (exact) mass is 494 g/mol. The van der Waals surface area contributed by atoms with E-state index in [-0.39, 0.29) is 34.8 Å². The molecular weight excluding hydrogens is 476 g/mol. The van der Waals surface area contributed by atoms with Crippen LogP contribution in [0, 0.1) is 11.2 Å². The number of hydrogen-bond acceptors (Lipinski definition) is 3. The molecule has 1 atom stereocenters. The third-order valence-electron chi connectivity index (χ3n) is 5.95. The Balaban J connectivity index is 1.95. The summed E-state index contributed by atoms with van der Waals surface area (Å²) in [6.07, 6.45) is -5.67. The third-order valence-corrected chi connectivity index (χ3v) is 6.28. The fourth-order valence-electron chi connectivity index (χ4n) is 4.50. The highest BCUT2D eigenvalue weighted by atomic mass is 35.5. The van der Waals surface area contributed by atoms with Crippen molar-refractivity contribution in [3.05, 3.63) is 76.2 Å². The number of ketones is 1. The van der Waals surface area contributed by atoms with Gasteiger partial charge in [-0.05, 0) is 48.2 Å². The van der Waals surface area contributed by atoms with Crippen molar-refractivity contribution in [1.82, 2.24) is 5.32 Å². The normalized spacial score (nSPS) is 22.1. The number of hydrogen-bond donors (Lipinski definition) is 1. The average molecular weight is 495 g/mol. The standard InChI is InChI=1S/C24H19ClF4N2O3/c1-22(2)11-17-19(18(32)12-22)23(24(27,28)29,30-20(33)15-5-3-4-6-16(15)25)21(34)31(17)14-9-7-13(26)8-10-14/h3-10H,11-12H2,1-2H3,(H,30,33)/t23-/m1/s1. The number of carbonyl (C=O) groups is 3. The highest BCUT2D eigenvalue weighted by molar-refractivity contribution is 6.34. The van der Waals surface area contributed by atoms with Gasteiger partial charge in [0, 0.05) is 17.8 Å². The topological polar surface area (TPSA) is 66.5 Å². The van der Waals surface area contributed by atoms with Crippen LogP contribution in [0.2, 0.25) is 5.02 Å². The molecule has 0 unspecified atom stereocenters. The van der Waals surface area contributed by atoms with Crippen molar-refractivity contribution in [2.75, 3.05) is 4.90 Å². The lowest BCUT2D eigenvalue weighted by atomic mass is 9.72. The molecule has 178 valence electrons. The highest BCUT2D eigenvalue weighted by Gasteiger charge is 2.72. The van der Waals surface area contributed by atoms with Crippen molar-refractivity contribution in [2.24, 2.45) is 5.41 Å². The zero-order valence-electron chi connectivity index (χ0n) is 18.1. The minimum absolute atomic E-state index is 0.0447. The van der Waals surface area contributed by atoms with Gasteiger partial charge in [0.1, 0.15) is 5.82 Å². The first-order chi connectivity index (χ1) is 15.8. The van der Waals surface area contributed by atoms with Gasteiger partial charge in [0.15, 0.2) is 5.78 Å². The fraction of sp³-hybridized carbons (Fsp3) is 0.292. The summed E-state index contributed by atoms with van der Waals surface area (Å²) in [5.41, 5.74) is -5.71. The van der Waals surface area contributed by atoms with Crippen molar-refractivity contribution >= 4 is 34.9 Å². The van der Waals surface area contributed by atoms with E-state index in [4.69, 9.17) is 11.6 Å². The second kappa shape index (κ2) is 7.94. The van der Waals surface area contributed by atoms with Crippen molar-refractivity contribution in [2.45, 2.75) is 38.4 Å². The van der Waals surface area contributed by atoms with Crippen LogP contribution in [0.3, 0.4) is 0 Å². The maximum absolute atomic E-state index is 14.8. The van der Waals surface area contributed by atoms with Crippen LogP contribution >= 0.6 is 11.6 Å². The summed E-state index contributed by atoms with van der Waals surface area (Å²) >= 11 is 5.99. The zero-order chi connectivity index (χ0) is 25.1. The number of anilines is 1. The molecule has 0 fully saturated rings. The summed E-state index contributed by atoms with van der Waals surface area (Å²) in [5, 5.41) is 1.69. The van der Waals surface area contributed by atoms with E-state index < -0.39 is 46.1 Å². The molecule has 1 aliphatic heterocycles. The largest absolute Gasteiger partial charge is 0.425 e. The first kappa shape index (κ1) is 23.9. The van der Waals surface area contributed by atoms with Gasteiger partial charge in [0.2, 0.25) is 5.54 Å². The molecule has 1 N–H and O–H groups in total. The molecule has 0 bridgehead atoms. The molecule has 5 nitrogen and oxygen atoms in total. The number of benzene rings is 2. The molecular formula is C24H19ClF4N2O3. The third kappa shape index (κ3) is 3.68. The molecule has 1 heterocycles. The summed E-state index contributed by atoms with van der Waals surface area (Å²) in [7, 11) is 0. The molecule has 0 radical (unpaired) electrons. The lowest BCUT2D eigenvalue weighted by Crippen LogP contribution is -2.66. The highest BCUT2D eigenvalue weighted by Crippen LogP contribution is 2.52.